The Hall–Kier alpha value is -3.19. The molecular formula is C20H23N5O2. The summed E-state index contributed by atoms with van der Waals surface area (Å²) in [5, 5.41) is 9.96. The lowest BCUT2D eigenvalue weighted by molar-refractivity contribution is 0.0697. The fourth-order valence-electron chi connectivity index (χ4n) is 3.09. The number of anilines is 2. The van der Waals surface area contributed by atoms with E-state index in [2.05, 4.69) is 27.0 Å². The monoisotopic (exact) mass is 365 g/mol. The van der Waals surface area contributed by atoms with E-state index in [4.69, 9.17) is 5.73 Å². The molecule has 3 rings (SSSR count). The summed E-state index contributed by atoms with van der Waals surface area (Å²) in [7, 11) is 5.99. The van der Waals surface area contributed by atoms with Crippen LogP contribution in [0.2, 0.25) is 0 Å². The third-order valence-corrected chi connectivity index (χ3v) is 4.31. The summed E-state index contributed by atoms with van der Waals surface area (Å²) in [6.07, 6.45) is 0. The van der Waals surface area contributed by atoms with Crippen LogP contribution in [-0.4, -0.2) is 47.1 Å². The van der Waals surface area contributed by atoms with Crippen LogP contribution in [0.1, 0.15) is 21.5 Å². The summed E-state index contributed by atoms with van der Waals surface area (Å²) < 4.78 is 0. The van der Waals surface area contributed by atoms with Crippen LogP contribution in [0.25, 0.3) is 10.9 Å². The fourth-order valence-corrected chi connectivity index (χ4v) is 3.09. The summed E-state index contributed by atoms with van der Waals surface area (Å²) in [4.78, 5) is 24.0. The van der Waals surface area contributed by atoms with Gasteiger partial charge in [-0.05, 0) is 43.4 Å². The second-order valence-electron chi connectivity index (χ2n) is 6.81. The Kier molecular flexibility index (Phi) is 5.23. The molecule has 7 nitrogen and oxygen atoms in total. The lowest BCUT2D eigenvalue weighted by Crippen LogP contribution is -2.21. The molecule has 0 atom stereocenters. The average molecular weight is 365 g/mol. The van der Waals surface area contributed by atoms with Gasteiger partial charge in [0, 0.05) is 25.5 Å². The highest BCUT2D eigenvalue weighted by atomic mass is 16.4. The molecule has 0 amide bonds. The predicted molar refractivity (Wildman–Crippen MR) is 107 cm³/mol. The maximum atomic E-state index is 11.3. The number of carboxylic acids is 1. The number of nitrogen functional groups attached to an aromatic ring is 1. The number of benzene rings is 2. The van der Waals surface area contributed by atoms with Crippen molar-refractivity contribution in [1.29, 1.82) is 0 Å². The van der Waals surface area contributed by atoms with Crippen molar-refractivity contribution in [2.45, 2.75) is 13.1 Å². The Morgan fingerprint density at radius 3 is 2.33 bits per heavy atom. The van der Waals surface area contributed by atoms with E-state index >= 15 is 0 Å². The lowest BCUT2D eigenvalue weighted by Gasteiger charge is -2.22. The minimum atomic E-state index is -0.987. The van der Waals surface area contributed by atoms with Crippen molar-refractivity contribution < 1.29 is 9.90 Å². The average Bonchev–Trinajstić information content (AvgIpc) is 2.61. The van der Waals surface area contributed by atoms with E-state index in [-0.39, 0.29) is 11.5 Å². The topological polar surface area (TPSA) is 95.6 Å². The van der Waals surface area contributed by atoms with Gasteiger partial charge in [-0.3, -0.25) is 0 Å². The van der Waals surface area contributed by atoms with E-state index in [1.165, 1.54) is 17.2 Å². The van der Waals surface area contributed by atoms with E-state index in [1.54, 1.807) is 12.1 Å². The first kappa shape index (κ1) is 18.6. The first-order chi connectivity index (χ1) is 12.8. The van der Waals surface area contributed by atoms with Crippen LogP contribution in [0.4, 0.5) is 11.8 Å². The van der Waals surface area contributed by atoms with Crippen LogP contribution in [0.3, 0.4) is 0 Å². The van der Waals surface area contributed by atoms with Gasteiger partial charge in [0.2, 0.25) is 5.95 Å². The zero-order chi connectivity index (χ0) is 19.6. The molecule has 1 aromatic heterocycles. The van der Waals surface area contributed by atoms with E-state index < -0.39 is 5.97 Å². The predicted octanol–water partition coefficient (Wildman–Crippen LogP) is 2.61. The summed E-state index contributed by atoms with van der Waals surface area (Å²) in [6.45, 7) is 1.45. The first-order valence-electron chi connectivity index (χ1n) is 8.58. The number of carbonyl (C=O) groups is 1. The van der Waals surface area contributed by atoms with Gasteiger partial charge in [-0.15, -0.1) is 0 Å². The number of hydrogen-bond donors (Lipinski definition) is 2. The number of aromatic carboxylic acids is 1. The highest BCUT2D eigenvalue weighted by Crippen LogP contribution is 2.27. The Labute approximate surface area is 158 Å². The molecule has 0 aliphatic rings. The molecule has 2 aromatic carbocycles. The molecule has 0 spiro atoms. The number of nitrogens with two attached hydrogens (primary N) is 1. The number of carboxylic acid groups (broad SMARTS) is 1. The maximum absolute atomic E-state index is 11.3. The molecular weight excluding hydrogens is 342 g/mol. The minimum absolute atomic E-state index is 0.161. The Bertz CT molecular complexity index is 987. The van der Waals surface area contributed by atoms with Gasteiger partial charge in [-0.2, -0.15) is 4.98 Å². The maximum Gasteiger partial charge on any atom is 0.335 e. The van der Waals surface area contributed by atoms with Crippen molar-refractivity contribution in [1.82, 2.24) is 14.9 Å². The van der Waals surface area contributed by atoms with Gasteiger partial charge in [0.05, 0.1) is 11.1 Å². The van der Waals surface area contributed by atoms with Crippen molar-refractivity contribution in [2.75, 3.05) is 31.8 Å². The van der Waals surface area contributed by atoms with Crippen molar-refractivity contribution >= 4 is 28.6 Å². The second-order valence-corrected chi connectivity index (χ2v) is 6.81. The van der Waals surface area contributed by atoms with Crippen molar-refractivity contribution in [2.24, 2.45) is 0 Å². The van der Waals surface area contributed by atoms with Gasteiger partial charge in [-0.1, -0.05) is 24.3 Å². The third-order valence-electron chi connectivity index (χ3n) is 4.31. The van der Waals surface area contributed by atoms with Crippen LogP contribution >= 0.6 is 0 Å². The van der Waals surface area contributed by atoms with Crippen molar-refractivity contribution in [3.63, 3.8) is 0 Å². The van der Waals surface area contributed by atoms with Gasteiger partial charge in [0.1, 0.15) is 5.82 Å². The molecule has 0 aliphatic carbocycles. The molecule has 0 saturated carbocycles. The number of fused-ring (bicyclic) bond motifs is 1. The molecule has 0 unspecified atom stereocenters. The van der Waals surface area contributed by atoms with Crippen LogP contribution in [-0.2, 0) is 13.1 Å². The largest absolute Gasteiger partial charge is 0.478 e. The number of nitrogens with zero attached hydrogens (tertiary/aromatic N) is 4. The van der Waals surface area contributed by atoms with Crippen LogP contribution in [0, 0.1) is 0 Å². The molecule has 3 N–H and O–H groups in total. The number of aromatic nitrogens is 2. The fraction of sp³-hybridized carbons (Fsp3) is 0.250. The SMILES string of the molecule is CN(C)Cc1ccccc1CN(C)c1nc(N)nc2ccc(C(=O)O)cc12. The Morgan fingerprint density at radius 1 is 1.04 bits per heavy atom. The van der Waals surface area contributed by atoms with Crippen LogP contribution in [0.5, 0.6) is 0 Å². The Morgan fingerprint density at radius 2 is 1.70 bits per heavy atom. The molecule has 7 heteroatoms. The summed E-state index contributed by atoms with van der Waals surface area (Å²) in [5.41, 5.74) is 9.10. The molecule has 140 valence electrons. The lowest BCUT2D eigenvalue weighted by atomic mass is 10.1. The molecule has 0 saturated heterocycles. The highest BCUT2D eigenvalue weighted by molar-refractivity contribution is 5.97. The van der Waals surface area contributed by atoms with E-state index in [0.29, 0.717) is 23.3 Å². The molecule has 0 radical (unpaired) electrons. The van der Waals surface area contributed by atoms with Crippen LogP contribution in [0.15, 0.2) is 42.5 Å². The summed E-state index contributed by atoms with van der Waals surface area (Å²) in [5.74, 6) is -0.215. The Balaban J connectivity index is 2.02. The standard InChI is InChI=1S/C20H23N5O2/c1-24(2)11-14-6-4-5-7-15(14)12-25(3)18-16-10-13(19(26)27)8-9-17(16)22-20(21)23-18/h4-10H,11-12H2,1-3H3,(H,26,27)(H2,21,22,23). The zero-order valence-corrected chi connectivity index (χ0v) is 15.7. The van der Waals surface area contributed by atoms with E-state index in [1.807, 2.05) is 38.2 Å². The van der Waals surface area contributed by atoms with Gasteiger partial charge in [0.15, 0.2) is 0 Å². The van der Waals surface area contributed by atoms with Crippen molar-refractivity contribution in [3.05, 3.63) is 59.2 Å². The first-order valence-corrected chi connectivity index (χ1v) is 8.58. The quantitative estimate of drug-likeness (QED) is 0.693. The number of rotatable bonds is 6. The normalized spacial score (nSPS) is 11.1. The van der Waals surface area contributed by atoms with Gasteiger partial charge in [-0.25, -0.2) is 9.78 Å². The van der Waals surface area contributed by atoms with E-state index in [0.717, 1.165) is 6.54 Å². The van der Waals surface area contributed by atoms with Crippen molar-refractivity contribution in [3.8, 4) is 0 Å². The van der Waals surface area contributed by atoms with Crippen LogP contribution < -0.4 is 10.6 Å². The molecule has 27 heavy (non-hydrogen) atoms. The molecule has 1 heterocycles. The molecule has 0 fully saturated rings. The van der Waals surface area contributed by atoms with E-state index in [9.17, 15) is 9.90 Å². The molecule has 0 bridgehead atoms. The second kappa shape index (κ2) is 7.59. The zero-order valence-electron chi connectivity index (χ0n) is 15.7. The third kappa shape index (κ3) is 4.15. The minimum Gasteiger partial charge on any atom is -0.478 e. The molecule has 0 aliphatic heterocycles. The van der Waals surface area contributed by atoms with Gasteiger partial charge < -0.3 is 20.6 Å². The van der Waals surface area contributed by atoms with Gasteiger partial charge >= 0.3 is 5.97 Å². The number of hydrogen-bond acceptors (Lipinski definition) is 6. The smallest absolute Gasteiger partial charge is 0.335 e. The highest BCUT2D eigenvalue weighted by Gasteiger charge is 2.15. The van der Waals surface area contributed by atoms with Gasteiger partial charge in [0.25, 0.3) is 0 Å². The molecule has 3 aromatic rings. The summed E-state index contributed by atoms with van der Waals surface area (Å²) >= 11 is 0. The summed E-state index contributed by atoms with van der Waals surface area (Å²) in [6, 6.07) is 13.0.